The van der Waals surface area contributed by atoms with E-state index in [1.807, 2.05) is 0 Å². The van der Waals surface area contributed by atoms with Crippen LogP contribution in [-0.2, 0) is 0 Å². The lowest BCUT2D eigenvalue weighted by Gasteiger charge is -2.10. The van der Waals surface area contributed by atoms with Gasteiger partial charge < -0.3 is 5.73 Å². The predicted molar refractivity (Wildman–Crippen MR) is 38.6 cm³/mol. The summed E-state index contributed by atoms with van der Waals surface area (Å²) in [4.78, 5) is 0. The lowest BCUT2D eigenvalue weighted by Crippen LogP contribution is -2.03. The molecule has 46 valence electrons. The molecule has 1 rings (SSSR count). The first kappa shape index (κ1) is 6.14. The van der Waals surface area contributed by atoms with E-state index in [0.717, 1.165) is 18.5 Å². The molecule has 1 aliphatic carbocycles. The summed E-state index contributed by atoms with van der Waals surface area (Å²) < 4.78 is 1.23. The molecular formula is C6H10BrN. The van der Waals surface area contributed by atoms with Crippen LogP contribution >= 0.6 is 15.9 Å². The van der Waals surface area contributed by atoms with E-state index in [1.165, 1.54) is 17.3 Å². The van der Waals surface area contributed by atoms with Gasteiger partial charge in [0.15, 0.2) is 0 Å². The van der Waals surface area contributed by atoms with Gasteiger partial charge in [0, 0.05) is 10.2 Å². The van der Waals surface area contributed by atoms with Crippen molar-refractivity contribution in [3.05, 3.63) is 10.2 Å². The van der Waals surface area contributed by atoms with E-state index in [-0.39, 0.29) is 0 Å². The van der Waals surface area contributed by atoms with Gasteiger partial charge in [-0.05, 0) is 25.7 Å². The number of halogens is 1. The van der Waals surface area contributed by atoms with Crippen molar-refractivity contribution < 1.29 is 0 Å². The second-order valence-electron chi connectivity index (χ2n) is 2.14. The van der Waals surface area contributed by atoms with Gasteiger partial charge in [-0.1, -0.05) is 15.9 Å². The van der Waals surface area contributed by atoms with Gasteiger partial charge in [0.05, 0.1) is 0 Å². The van der Waals surface area contributed by atoms with Gasteiger partial charge in [-0.2, -0.15) is 0 Å². The Hall–Kier alpha value is 0.0200. The van der Waals surface area contributed by atoms with Gasteiger partial charge >= 0.3 is 0 Å². The topological polar surface area (TPSA) is 26.0 Å². The molecule has 0 unspecified atom stereocenters. The quantitative estimate of drug-likeness (QED) is 0.601. The van der Waals surface area contributed by atoms with Crippen LogP contribution in [0.25, 0.3) is 0 Å². The zero-order chi connectivity index (χ0) is 5.98. The van der Waals surface area contributed by atoms with E-state index in [2.05, 4.69) is 15.9 Å². The molecule has 8 heavy (non-hydrogen) atoms. The Labute approximate surface area is 58.1 Å². The van der Waals surface area contributed by atoms with Gasteiger partial charge in [0.2, 0.25) is 0 Å². The van der Waals surface area contributed by atoms with E-state index < -0.39 is 0 Å². The highest BCUT2D eigenvalue weighted by Crippen LogP contribution is 2.25. The molecule has 0 radical (unpaired) electrons. The molecule has 0 heterocycles. The molecule has 0 saturated carbocycles. The SMILES string of the molecule is NC1=C(Br)CCCC1. The highest BCUT2D eigenvalue weighted by atomic mass is 79.9. The summed E-state index contributed by atoms with van der Waals surface area (Å²) in [5.41, 5.74) is 6.66. The van der Waals surface area contributed by atoms with Gasteiger partial charge in [-0.15, -0.1) is 0 Å². The third-order valence-corrected chi connectivity index (χ3v) is 2.35. The Kier molecular flexibility index (Phi) is 1.95. The average molecular weight is 176 g/mol. The number of hydrogen-bond acceptors (Lipinski definition) is 1. The monoisotopic (exact) mass is 175 g/mol. The Morgan fingerprint density at radius 1 is 1.25 bits per heavy atom. The van der Waals surface area contributed by atoms with Crippen molar-refractivity contribution in [2.45, 2.75) is 25.7 Å². The molecule has 0 aromatic carbocycles. The van der Waals surface area contributed by atoms with Gasteiger partial charge in [0.1, 0.15) is 0 Å². The summed E-state index contributed by atoms with van der Waals surface area (Å²) in [6, 6.07) is 0. The van der Waals surface area contributed by atoms with E-state index in [4.69, 9.17) is 5.73 Å². The predicted octanol–water partition coefficient (Wildman–Crippen LogP) is 2.13. The van der Waals surface area contributed by atoms with E-state index in [9.17, 15) is 0 Å². The van der Waals surface area contributed by atoms with Crippen molar-refractivity contribution >= 4 is 15.9 Å². The van der Waals surface area contributed by atoms with Crippen LogP contribution in [0.3, 0.4) is 0 Å². The van der Waals surface area contributed by atoms with Gasteiger partial charge in [-0.3, -0.25) is 0 Å². The van der Waals surface area contributed by atoms with Crippen LogP contribution < -0.4 is 5.73 Å². The number of hydrogen-bond donors (Lipinski definition) is 1. The van der Waals surface area contributed by atoms with Gasteiger partial charge in [0.25, 0.3) is 0 Å². The first-order chi connectivity index (χ1) is 3.80. The number of rotatable bonds is 0. The smallest absolute Gasteiger partial charge is 0.0183 e. The molecule has 2 heteroatoms. The van der Waals surface area contributed by atoms with E-state index in [0.29, 0.717) is 0 Å². The molecule has 1 aliphatic rings. The summed E-state index contributed by atoms with van der Waals surface area (Å²) >= 11 is 3.41. The average Bonchev–Trinajstić information content (AvgIpc) is 1.77. The Balaban J connectivity index is 2.60. The van der Waals surface area contributed by atoms with Crippen molar-refractivity contribution in [3.63, 3.8) is 0 Å². The van der Waals surface area contributed by atoms with Crippen molar-refractivity contribution in [1.29, 1.82) is 0 Å². The minimum Gasteiger partial charge on any atom is -0.401 e. The maximum atomic E-state index is 5.61. The molecule has 0 bridgehead atoms. The minimum atomic E-state index is 1.05. The molecule has 0 atom stereocenters. The minimum absolute atomic E-state index is 1.05. The van der Waals surface area contributed by atoms with Gasteiger partial charge in [-0.25, -0.2) is 0 Å². The summed E-state index contributed by atoms with van der Waals surface area (Å²) in [5, 5.41) is 0. The Bertz CT molecular complexity index is 104. The van der Waals surface area contributed by atoms with Crippen LogP contribution in [0, 0.1) is 0 Å². The van der Waals surface area contributed by atoms with Crippen molar-refractivity contribution in [1.82, 2.24) is 0 Å². The number of allylic oxidation sites excluding steroid dienone is 2. The molecule has 1 nitrogen and oxygen atoms in total. The maximum absolute atomic E-state index is 5.61. The molecule has 2 N–H and O–H groups in total. The molecular weight excluding hydrogens is 166 g/mol. The molecule has 0 fully saturated rings. The fourth-order valence-electron chi connectivity index (χ4n) is 0.892. The maximum Gasteiger partial charge on any atom is 0.0183 e. The largest absolute Gasteiger partial charge is 0.401 e. The number of nitrogens with two attached hydrogens (primary N) is 1. The summed E-state index contributed by atoms with van der Waals surface area (Å²) in [6.07, 6.45) is 4.79. The first-order valence-corrected chi connectivity index (χ1v) is 3.73. The zero-order valence-corrected chi connectivity index (χ0v) is 6.37. The Morgan fingerprint density at radius 2 is 1.88 bits per heavy atom. The second-order valence-corrected chi connectivity index (χ2v) is 3.09. The fourth-order valence-corrected chi connectivity index (χ4v) is 1.37. The third kappa shape index (κ3) is 1.25. The summed E-state index contributed by atoms with van der Waals surface area (Å²) in [7, 11) is 0. The highest BCUT2D eigenvalue weighted by Gasteiger charge is 2.05. The first-order valence-electron chi connectivity index (χ1n) is 2.93. The summed E-state index contributed by atoms with van der Waals surface area (Å²) in [5.74, 6) is 0. The van der Waals surface area contributed by atoms with Crippen LogP contribution in [0.1, 0.15) is 25.7 Å². The van der Waals surface area contributed by atoms with Crippen LogP contribution in [0.4, 0.5) is 0 Å². The molecule has 0 saturated heterocycles. The molecule has 0 spiro atoms. The molecule has 0 amide bonds. The van der Waals surface area contributed by atoms with Crippen LogP contribution in [0.5, 0.6) is 0 Å². The standard InChI is InChI=1S/C6H10BrN/c7-5-3-1-2-4-6(5)8/h1-4,8H2. The van der Waals surface area contributed by atoms with Crippen molar-refractivity contribution in [3.8, 4) is 0 Å². The molecule has 0 aliphatic heterocycles. The Morgan fingerprint density at radius 3 is 2.25 bits per heavy atom. The lowest BCUT2D eigenvalue weighted by atomic mass is 10.1. The fraction of sp³-hybridized carbons (Fsp3) is 0.667. The third-order valence-electron chi connectivity index (χ3n) is 1.44. The highest BCUT2D eigenvalue weighted by molar-refractivity contribution is 9.11. The van der Waals surface area contributed by atoms with E-state index in [1.54, 1.807) is 0 Å². The second kappa shape index (κ2) is 2.53. The molecule has 0 aromatic heterocycles. The van der Waals surface area contributed by atoms with Crippen LogP contribution in [0.2, 0.25) is 0 Å². The summed E-state index contributed by atoms with van der Waals surface area (Å²) in [6.45, 7) is 0. The van der Waals surface area contributed by atoms with Crippen LogP contribution in [0.15, 0.2) is 10.2 Å². The normalized spacial score (nSPS) is 21.6. The lowest BCUT2D eigenvalue weighted by molar-refractivity contribution is 0.690. The van der Waals surface area contributed by atoms with Crippen molar-refractivity contribution in [2.24, 2.45) is 5.73 Å². The molecule has 0 aromatic rings. The van der Waals surface area contributed by atoms with E-state index >= 15 is 0 Å². The van der Waals surface area contributed by atoms with Crippen molar-refractivity contribution in [2.75, 3.05) is 0 Å². The van der Waals surface area contributed by atoms with Crippen LogP contribution in [-0.4, -0.2) is 0 Å². The zero-order valence-electron chi connectivity index (χ0n) is 4.78.